The largest absolute Gasteiger partial charge is 0.497 e. The summed E-state index contributed by atoms with van der Waals surface area (Å²) in [6, 6.07) is 10.4. The molecule has 0 N–H and O–H groups in total. The van der Waals surface area contributed by atoms with Gasteiger partial charge in [0, 0.05) is 5.39 Å². The van der Waals surface area contributed by atoms with Crippen LogP contribution in [-0.4, -0.2) is 19.2 Å². The highest BCUT2D eigenvalue weighted by Crippen LogP contribution is 2.20. The van der Waals surface area contributed by atoms with E-state index in [0.29, 0.717) is 5.88 Å². The highest BCUT2D eigenvalue weighted by molar-refractivity contribution is 5.80. The molecule has 0 spiro atoms. The topological polar surface area (TPSA) is 31.4 Å². The minimum absolute atomic E-state index is 0.502. The molecule has 0 aliphatic rings. The molecule has 0 atom stereocenters. The number of fused-ring (bicyclic) bond motifs is 1. The van der Waals surface area contributed by atoms with E-state index in [1.165, 1.54) is 0 Å². The number of nitrogens with zero attached hydrogens (tertiary/aromatic N) is 1. The van der Waals surface area contributed by atoms with Crippen molar-refractivity contribution in [2.24, 2.45) is 0 Å². The van der Waals surface area contributed by atoms with Crippen molar-refractivity contribution < 1.29 is 9.47 Å². The Morgan fingerprint density at radius 2 is 2.07 bits per heavy atom. The van der Waals surface area contributed by atoms with Crippen molar-refractivity contribution >= 4 is 10.9 Å². The lowest BCUT2D eigenvalue weighted by atomic mass is 10.2. The molecule has 71 valence electrons. The molecule has 14 heavy (non-hydrogen) atoms. The van der Waals surface area contributed by atoms with Crippen molar-refractivity contribution in [2.45, 2.75) is 0 Å². The van der Waals surface area contributed by atoms with E-state index in [9.17, 15) is 0 Å². The monoisotopic (exact) mass is 188 g/mol. The van der Waals surface area contributed by atoms with E-state index < -0.39 is 0 Å². The molecule has 1 radical (unpaired) electrons. The van der Waals surface area contributed by atoms with E-state index in [0.717, 1.165) is 16.7 Å². The second-order valence-corrected chi connectivity index (χ2v) is 2.83. The number of hydrogen-bond donors (Lipinski definition) is 0. The van der Waals surface area contributed by atoms with Crippen molar-refractivity contribution in [3.63, 3.8) is 0 Å². The van der Waals surface area contributed by atoms with Gasteiger partial charge in [0.2, 0.25) is 5.88 Å². The summed E-state index contributed by atoms with van der Waals surface area (Å²) in [5.41, 5.74) is 0.876. The van der Waals surface area contributed by atoms with Crippen LogP contribution in [-0.2, 0) is 0 Å². The zero-order chi connectivity index (χ0) is 9.97. The predicted octanol–water partition coefficient (Wildman–Crippen LogP) is 2.05. The van der Waals surface area contributed by atoms with E-state index in [2.05, 4.69) is 11.1 Å². The number of methoxy groups -OCH3 is 2. The number of ether oxygens (including phenoxy) is 2. The number of hydrogen-bond acceptors (Lipinski definition) is 3. The lowest BCUT2D eigenvalue weighted by Gasteiger charge is -2.03. The molecule has 1 heterocycles. The van der Waals surface area contributed by atoms with Gasteiger partial charge in [-0.25, -0.2) is 4.98 Å². The smallest absolute Gasteiger partial charge is 0.221 e. The first-order valence-corrected chi connectivity index (χ1v) is 4.24. The van der Waals surface area contributed by atoms with Gasteiger partial charge in [0.1, 0.15) is 5.75 Å². The zero-order valence-electron chi connectivity index (χ0n) is 8.07. The Balaban J connectivity index is 2.57. The lowest BCUT2D eigenvalue weighted by molar-refractivity contribution is 0.398. The third kappa shape index (κ3) is 1.48. The summed E-state index contributed by atoms with van der Waals surface area (Å²) >= 11 is 0. The van der Waals surface area contributed by atoms with Crippen LogP contribution in [0.3, 0.4) is 0 Å². The summed E-state index contributed by atoms with van der Waals surface area (Å²) < 4.78 is 10.1. The molecule has 3 heteroatoms. The second-order valence-electron chi connectivity index (χ2n) is 2.83. The Labute approximate surface area is 82.3 Å². The van der Waals surface area contributed by atoms with Gasteiger partial charge in [-0.15, -0.1) is 0 Å². The van der Waals surface area contributed by atoms with Crippen LogP contribution in [0.5, 0.6) is 11.6 Å². The summed E-state index contributed by atoms with van der Waals surface area (Å²) in [7, 11) is 3.22. The van der Waals surface area contributed by atoms with Crippen molar-refractivity contribution in [1.82, 2.24) is 4.98 Å². The third-order valence-corrected chi connectivity index (χ3v) is 2.00. The van der Waals surface area contributed by atoms with Gasteiger partial charge in [-0.2, -0.15) is 0 Å². The molecule has 0 saturated carbocycles. The highest BCUT2D eigenvalue weighted by Gasteiger charge is 1.99. The predicted molar refractivity (Wildman–Crippen MR) is 53.7 cm³/mol. The molecule has 2 rings (SSSR count). The zero-order valence-corrected chi connectivity index (χ0v) is 8.07. The molecular formula is C11H10NO2. The minimum atomic E-state index is 0.502. The SMILES string of the molecule is COc1ccc2nc(OC)[c]cc2c1. The molecule has 0 aliphatic carbocycles. The first-order chi connectivity index (χ1) is 6.83. The Morgan fingerprint density at radius 1 is 1.21 bits per heavy atom. The molecule has 2 aromatic rings. The third-order valence-electron chi connectivity index (χ3n) is 2.00. The van der Waals surface area contributed by atoms with Crippen molar-refractivity contribution in [2.75, 3.05) is 14.2 Å². The molecule has 0 saturated heterocycles. The maximum Gasteiger partial charge on any atom is 0.221 e. The number of rotatable bonds is 2. The summed E-state index contributed by atoms with van der Waals surface area (Å²) in [5.74, 6) is 1.32. The van der Waals surface area contributed by atoms with E-state index in [1.807, 2.05) is 24.3 Å². The molecular weight excluding hydrogens is 178 g/mol. The highest BCUT2D eigenvalue weighted by atomic mass is 16.5. The molecule has 1 aromatic heterocycles. The van der Waals surface area contributed by atoms with Crippen LogP contribution in [0.2, 0.25) is 0 Å². The Morgan fingerprint density at radius 3 is 2.79 bits per heavy atom. The average Bonchev–Trinajstić information content (AvgIpc) is 2.27. The molecule has 0 aliphatic heterocycles. The van der Waals surface area contributed by atoms with E-state index in [4.69, 9.17) is 9.47 Å². The van der Waals surface area contributed by atoms with Gasteiger partial charge in [0.15, 0.2) is 0 Å². The van der Waals surface area contributed by atoms with Gasteiger partial charge in [-0.3, -0.25) is 0 Å². The van der Waals surface area contributed by atoms with Gasteiger partial charge < -0.3 is 9.47 Å². The quantitative estimate of drug-likeness (QED) is 0.722. The van der Waals surface area contributed by atoms with Crippen molar-refractivity contribution in [1.29, 1.82) is 0 Å². The van der Waals surface area contributed by atoms with Gasteiger partial charge >= 0.3 is 0 Å². The van der Waals surface area contributed by atoms with Crippen LogP contribution in [0.4, 0.5) is 0 Å². The first kappa shape index (κ1) is 8.81. The normalized spacial score (nSPS) is 10.1. The lowest BCUT2D eigenvalue weighted by Crippen LogP contribution is -1.88. The second kappa shape index (κ2) is 3.54. The maximum absolute atomic E-state index is 5.11. The van der Waals surface area contributed by atoms with E-state index in [-0.39, 0.29) is 0 Å². The fourth-order valence-electron chi connectivity index (χ4n) is 1.26. The van der Waals surface area contributed by atoms with Crippen LogP contribution in [0.15, 0.2) is 24.3 Å². The van der Waals surface area contributed by atoms with Gasteiger partial charge in [-0.1, -0.05) is 0 Å². The van der Waals surface area contributed by atoms with Crippen LogP contribution < -0.4 is 9.47 Å². The maximum atomic E-state index is 5.11. The van der Waals surface area contributed by atoms with E-state index in [1.54, 1.807) is 14.2 Å². The van der Waals surface area contributed by atoms with Crippen LogP contribution in [0.1, 0.15) is 0 Å². The Hall–Kier alpha value is -1.77. The first-order valence-electron chi connectivity index (χ1n) is 4.24. The van der Waals surface area contributed by atoms with Crippen LogP contribution >= 0.6 is 0 Å². The van der Waals surface area contributed by atoms with Gasteiger partial charge in [0.05, 0.1) is 25.8 Å². The van der Waals surface area contributed by atoms with Crippen LogP contribution in [0, 0.1) is 6.07 Å². The minimum Gasteiger partial charge on any atom is -0.497 e. The average molecular weight is 188 g/mol. The molecule has 0 fully saturated rings. The van der Waals surface area contributed by atoms with E-state index >= 15 is 0 Å². The number of aromatic nitrogens is 1. The Kier molecular flexibility index (Phi) is 2.23. The molecule has 0 unspecified atom stereocenters. The number of pyridine rings is 1. The molecule has 3 nitrogen and oxygen atoms in total. The van der Waals surface area contributed by atoms with Crippen molar-refractivity contribution in [3.05, 3.63) is 30.3 Å². The summed E-state index contributed by atoms with van der Waals surface area (Å²) in [5, 5.41) is 0.991. The summed E-state index contributed by atoms with van der Waals surface area (Å²) in [6.45, 7) is 0. The Bertz CT molecular complexity index is 411. The summed E-state index contributed by atoms with van der Waals surface area (Å²) in [6.07, 6.45) is 0. The van der Waals surface area contributed by atoms with Gasteiger partial charge in [0.25, 0.3) is 0 Å². The van der Waals surface area contributed by atoms with Crippen molar-refractivity contribution in [3.8, 4) is 11.6 Å². The number of benzene rings is 1. The molecule has 0 bridgehead atoms. The van der Waals surface area contributed by atoms with Crippen LogP contribution in [0.25, 0.3) is 10.9 Å². The molecule has 0 amide bonds. The fourth-order valence-corrected chi connectivity index (χ4v) is 1.26. The summed E-state index contributed by atoms with van der Waals surface area (Å²) in [4.78, 5) is 4.24. The molecule has 1 aromatic carbocycles. The fraction of sp³-hybridized carbons (Fsp3) is 0.182. The van der Waals surface area contributed by atoms with Gasteiger partial charge in [-0.05, 0) is 24.3 Å². The standard InChI is InChI=1S/C11H10NO2/c1-13-9-4-5-10-8(7-9)3-6-11(12-10)14-2/h3-5,7H,1-2H3.